The Labute approximate surface area is 70.2 Å². The molecule has 0 unspecified atom stereocenters. The summed E-state index contributed by atoms with van der Waals surface area (Å²) in [5.74, 6) is 0. The number of hydrogen-bond donors (Lipinski definition) is 4. The van der Waals surface area contributed by atoms with Crippen molar-refractivity contribution in [1.82, 2.24) is 0 Å². The van der Waals surface area contributed by atoms with Gasteiger partial charge in [-0.25, -0.2) is 0 Å². The van der Waals surface area contributed by atoms with Gasteiger partial charge in [0.2, 0.25) is 0 Å². The van der Waals surface area contributed by atoms with E-state index in [1.807, 2.05) is 0 Å². The van der Waals surface area contributed by atoms with Crippen LogP contribution >= 0.6 is 12.6 Å². The van der Waals surface area contributed by atoms with E-state index in [-0.39, 0.29) is 0 Å². The van der Waals surface area contributed by atoms with Crippen LogP contribution in [0.15, 0.2) is 0 Å². The maximum Gasteiger partial charge on any atom is 0.129 e. The minimum Gasteiger partial charge on any atom is -0.388 e. The number of aliphatic hydroxyl groups is 3. The molecule has 0 radical (unpaired) electrons. The minimum absolute atomic E-state index is 0.490. The third-order valence-electron chi connectivity index (χ3n) is 1.83. The summed E-state index contributed by atoms with van der Waals surface area (Å²) in [6.07, 6.45) is -3.81. The van der Waals surface area contributed by atoms with Crippen LogP contribution in [0.3, 0.4) is 0 Å². The normalized spacial score (nSPS) is 52.6. The van der Waals surface area contributed by atoms with E-state index in [0.717, 1.165) is 0 Å². The molecule has 1 saturated heterocycles. The van der Waals surface area contributed by atoms with Gasteiger partial charge in [-0.1, -0.05) is 0 Å². The Morgan fingerprint density at radius 3 is 2.18 bits per heavy atom. The lowest BCUT2D eigenvalue weighted by molar-refractivity contribution is -0.191. The predicted octanol–water partition coefficient (Wildman–Crippen LogP) is -1.26. The van der Waals surface area contributed by atoms with E-state index >= 15 is 0 Å². The summed E-state index contributed by atoms with van der Waals surface area (Å²) < 4.78 is 4.99. The Morgan fingerprint density at radius 1 is 1.09 bits per heavy atom. The highest BCUT2D eigenvalue weighted by Gasteiger charge is 2.39. The maximum atomic E-state index is 9.17. The van der Waals surface area contributed by atoms with E-state index in [9.17, 15) is 0 Å². The van der Waals surface area contributed by atoms with Crippen molar-refractivity contribution in [2.75, 3.05) is 0 Å². The van der Waals surface area contributed by atoms with Crippen LogP contribution in [0, 0.1) is 0 Å². The van der Waals surface area contributed by atoms with E-state index < -0.39 is 29.9 Å². The van der Waals surface area contributed by atoms with Crippen molar-refractivity contribution in [2.24, 2.45) is 0 Å². The Kier molecular flexibility index (Phi) is 2.77. The molecule has 0 spiro atoms. The van der Waals surface area contributed by atoms with E-state index in [1.165, 1.54) is 0 Å². The van der Waals surface area contributed by atoms with Crippen LogP contribution in [0.25, 0.3) is 0 Å². The molecule has 5 atom stereocenters. The maximum absolute atomic E-state index is 9.17. The molecule has 1 aliphatic rings. The molecule has 1 aliphatic heterocycles. The van der Waals surface area contributed by atoms with Gasteiger partial charge < -0.3 is 20.1 Å². The molecule has 0 aromatic carbocycles. The molecule has 0 aliphatic carbocycles. The molecule has 0 amide bonds. The van der Waals surface area contributed by atoms with Crippen LogP contribution < -0.4 is 0 Å². The first-order chi connectivity index (χ1) is 5.04. The van der Waals surface area contributed by atoms with Gasteiger partial charge in [0, 0.05) is 0 Å². The Hall–Kier alpha value is 0.190. The van der Waals surface area contributed by atoms with Crippen molar-refractivity contribution in [3.63, 3.8) is 0 Å². The van der Waals surface area contributed by atoms with Gasteiger partial charge in [-0.2, -0.15) is 0 Å². The van der Waals surface area contributed by atoms with Gasteiger partial charge in [0.05, 0.1) is 6.10 Å². The van der Waals surface area contributed by atoms with E-state index in [2.05, 4.69) is 12.6 Å². The monoisotopic (exact) mass is 180 g/mol. The predicted molar refractivity (Wildman–Crippen MR) is 41.3 cm³/mol. The van der Waals surface area contributed by atoms with Crippen molar-refractivity contribution in [3.05, 3.63) is 0 Å². The molecule has 5 heteroatoms. The molecule has 0 bridgehead atoms. The zero-order chi connectivity index (χ0) is 8.59. The summed E-state index contributed by atoms with van der Waals surface area (Å²) in [6.45, 7) is 1.61. The van der Waals surface area contributed by atoms with Crippen LogP contribution in [0.4, 0.5) is 0 Å². The topological polar surface area (TPSA) is 69.9 Å². The van der Waals surface area contributed by atoms with E-state index in [1.54, 1.807) is 6.92 Å². The number of ether oxygens (including phenoxy) is 1. The summed E-state index contributed by atoms with van der Waals surface area (Å²) >= 11 is 3.87. The summed E-state index contributed by atoms with van der Waals surface area (Å²) in [7, 11) is 0. The molecule has 1 heterocycles. The summed E-state index contributed by atoms with van der Waals surface area (Å²) in [6, 6.07) is 0. The molecule has 1 fully saturated rings. The molecule has 66 valence electrons. The lowest BCUT2D eigenvalue weighted by Gasteiger charge is -2.37. The van der Waals surface area contributed by atoms with Crippen LogP contribution in [0.2, 0.25) is 0 Å². The van der Waals surface area contributed by atoms with Crippen LogP contribution in [-0.4, -0.2) is 45.2 Å². The third-order valence-corrected chi connectivity index (χ3v) is 2.25. The molecule has 3 N–H and O–H groups in total. The van der Waals surface area contributed by atoms with Gasteiger partial charge in [-0.15, -0.1) is 12.6 Å². The van der Waals surface area contributed by atoms with Crippen molar-refractivity contribution in [2.45, 2.75) is 36.8 Å². The zero-order valence-corrected chi connectivity index (χ0v) is 6.98. The molecule has 0 aromatic rings. The van der Waals surface area contributed by atoms with Gasteiger partial charge in [-0.05, 0) is 6.92 Å². The molecule has 4 nitrogen and oxygen atoms in total. The second-order valence-corrected chi connectivity index (χ2v) is 3.21. The number of hydrogen-bond acceptors (Lipinski definition) is 5. The van der Waals surface area contributed by atoms with E-state index in [4.69, 9.17) is 20.1 Å². The van der Waals surface area contributed by atoms with E-state index in [0.29, 0.717) is 0 Å². The van der Waals surface area contributed by atoms with Gasteiger partial charge in [0.15, 0.2) is 0 Å². The fourth-order valence-electron chi connectivity index (χ4n) is 1.03. The SMILES string of the molecule is C[C@@H]1O[C@@H](S)[C@@H](O)[C@H](O)[C@@H]1O. The number of aliphatic hydroxyl groups excluding tert-OH is 3. The quantitative estimate of drug-likeness (QED) is 0.351. The molecule has 1 rings (SSSR count). The summed E-state index contributed by atoms with van der Waals surface area (Å²) in [5, 5.41) is 27.4. The lowest BCUT2D eigenvalue weighted by atomic mass is 10.0. The highest BCUT2D eigenvalue weighted by atomic mass is 32.1. The first-order valence-electron chi connectivity index (χ1n) is 3.41. The van der Waals surface area contributed by atoms with Gasteiger partial charge >= 0.3 is 0 Å². The smallest absolute Gasteiger partial charge is 0.129 e. The second-order valence-electron chi connectivity index (χ2n) is 2.70. The lowest BCUT2D eigenvalue weighted by Crippen LogP contribution is -2.54. The van der Waals surface area contributed by atoms with Crippen LogP contribution in [0.1, 0.15) is 6.92 Å². The second kappa shape index (κ2) is 3.28. The molecule has 11 heavy (non-hydrogen) atoms. The van der Waals surface area contributed by atoms with Gasteiger partial charge in [0.1, 0.15) is 23.7 Å². The fraction of sp³-hybridized carbons (Fsp3) is 1.00. The van der Waals surface area contributed by atoms with Gasteiger partial charge in [-0.3, -0.25) is 0 Å². The fourth-order valence-corrected chi connectivity index (χ4v) is 1.40. The number of rotatable bonds is 0. The zero-order valence-electron chi connectivity index (χ0n) is 6.08. The molecule has 0 saturated carbocycles. The first-order valence-corrected chi connectivity index (χ1v) is 3.93. The van der Waals surface area contributed by atoms with Crippen molar-refractivity contribution >= 4 is 12.6 Å². The first kappa shape index (κ1) is 9.28. The highest BCUT2D eigenvalue weighted by molar-refractivity contribution is 7.80. The highest BCUT2D eigenvalue weighted by Crippen LogP contribution is 2.22. The Bertz CT molecular complexity index is 129. The third kappa shape index (κ3) is 1.68. The average Bonchev–Trinajstić information content (AvgIpc) is 1.97. The van der Waals surface area contributed by atoms with Gasteiger partial charge in [0.25, 0.3) is 0 Å². The Morgan fingerprint density at radius 2 is 1.64 bits per heavy atom. The number of thiol groups is 1. The molecular formula is C6H12O4S. The van der Waals surface area contributed by atoms with Crippen LogP contribution in [0.5, 0.6) is 0 Å². The van der Waals surface area contributed by atoms with Crippen molar-refractivity contribution in [1.29, 1.82) is 0 Å². The summed E-state index contributed by atoms with van der Waals surface area (Å²) in [5.41, 5.74) is -0.719. The van der Waals surface area contributed by atoms with Crippen molar-refractivity contribution in [3.8, 4) is 0 Å². The average molecular weight is 180 g/mol. The molecular weight excluding hydrogens is 168 g/mol. The van der Waals surface area contributed by atoms with Crippen molar-refractivity contribution < 1.29 is 20.1 Å². The summed E-state index contributed by atoms with van der Waals surface area (Å²) in [4.78, 5) is 0. The molecule has 0 aromatic heterocycles. The minimum atomic E-state index is -1.17. The standard InChI is InChI=1S/C6H12O4S/c1-2-3(7)4(8)5(9)6(11)10-2/h2-9,11H,1H3/t2-,3+,4+,5-,6-/m0/s1. The Balaban J connectivity index is 2.63. The largest absolute Gasteiger partial charge is 0.388 e. The van der Waals surface area contributed by atoms with Crippen LogP contribution in [-0.2, 0) is 4.74 Å².